The normalized spacial score (nSPS) is 14.5. The van der Waals surface area contributed by atoms with Crippen molar-refractivity contribution in [2.45, 2.75) is 32.3 Å². The molecule has 3 aromatic rings. The first-order valence-electron chi connectivity index (χ1n) is 7.63. The highest BCUT2D eigenvalue weighted by Gasteiger charge is 2.17. The fraction of sp³-hybridized carbons (Fsp3) is 0.263. The van der Waals surface area contributed by atoms with Crippen LogP contribution in [0.4, 0.5) is 4.39 Å². The van der Waals surface area contributed by atoms with Crippen molar-refractivity contribution in [3.63, 3.8) is 0 Å². The lowest BCUT2D eigenvalue weighted by atomic mass is 9.86. The van der Waals surface area contributed by atoms with Gasteiger partial charge in [-0.15, -0.1) is 0 Å². The van der Waals surface area contributed by atoms with E-state index in [1.165, 1.54) is 35.4 Å². The molecular formula is C19H15ClFO. The fourth-order valence-corrected chi connectivity index (χ4v) is 3.93. The minimum Gasteiger partial charge on any atom is -0.232 e. The zero-order valence-corrected chi connectivity index (χ0v) is 12.8. The van der Waals surface area contributed by atoms with Gasteiger partial charge in [-0.25, -0.2) is 9.50 Å². The second-order valence-corrected chi connectivity index (χ2v) is 6.35. The molecule has 0 spiro atoms. The van der Waals surface area contributed by atoms with Crippen molar-refractivity contribution in [3.05, 3.63) is 57.9 Å². The van der Waals surface area contributed by atoms with Crippen molar-refractivity contribution < 1.29 is 9.50 Å². The highest BCUT2D eigenvalue weighted by molar-refractivity contribution is 6.37. The van der Waals surface area contributed by atoms with Crippen LogP contribution in [0.1, 0.15) is 29.5 Å². The largest absolute Gasteiger partial charge is 0.232 e. The van der Waals surface area contributed by atoms with Crippen LogP contribution in [0.15, 0.2) is 30.3 Å². The summed E-state index contributed by atoms with van der Waals surface area (Å²) in [6, 6.07) is 9.40. The Bertz CT molecular complexity index is 901. The zero-order valence-electron chi connectivity index (χ0n) is 12.1. The molecule has 0 heterocycles. The number of rotatable bonds is 1. The summed E-state index contributed by atoms with van der Waals surface area (Å²) in [5.41, 5.74) is 3.26. The van der Waals surface area contributed by atoms with Gasteiger partial charge in [-0.2, -0.15) is 0 Å². The summed E-state index contributed by atoms with van der Waals surface area (Å²) in [6.45, 7) is -0.444. The van der Waals surface area contributed by atoms with Crippen LogP contribution in [0, 0.1) is 5.82 Å². The highest BCUT2D eigenvalue weighted by Crippen LogP contribution is 2.38. The SMILES string of the molecule is [O]Cc1cc(F)c(Cl)c2ccc3c4c(ccc3c12)CCCC4. The van der Waals surface area contributed by atoms with Crippen molar-refractivity contribution >= 4 is 33.1 Å². The maximum Gasteiger partial charge on any atom is 0.142 e. The molecule has 0 unspecified atom stereocenters. The third-order valence-electron chi connectivity index (χ3n) is 4.76. The summed E-state index contributed by atoms with van der Waals surface area (Å²) in [5.74, 6) is -0.516. The standard InChI is InChI=1S/C19H15ClFO/c20-19-16-8-7-14-13-4-2-1-3-11(13)5-6-15(14)18(16)12(10-22)9-17(19)21/h5-9H,1-4,10H2. The molecule has 0 fully saturated rings. The molecule has 22 heavy (non-hydrogen) atoms. The molecule has 3 aromatic carbocycles. The maximum atomic E-state index is 13.9. The van der Waals surface area contributed by atoms with Crippen molar-refractivity contribution in [3.8, 4) is 0 Å². The van der Waals surface area contributed by atoms with Crippen LogP contribution in [0.25, 0.3) is 21.5 Å². The van der Waals surface area contributed by atoms with Gasteiger partial charge in [0.1, 0.15) is 12.4 Å². The van der Waals surface area contributed by atoms with Crippen molar-refractivity contribution in [1.82, 2.24) is 0 Å². The molecule has 0 saturated carbocycles. The molecule has 1 radical (unpaired) electrons. The Morgan fingerprint density at radius 1 is 1.00 bits per heavy atom. The third-order valence-corrected chi connectivity index (χ3v) is 5.14. The molecule has 0 atom stereocenters. The zero-order chi connectivity index (χ0) is 15.3. The molecule has 0 aromatic heterocycles. The van der Waals surface area contributed by atoms with Gasteiger partial charge in [-0.05, 0) is 64.6 Å². The maximum absolute atomic E-state index is 13.9. The first-order chi connectivity index (χ1) is 10.7. The Labute approximate surface area is 133 Å². The summed E-state index contributed by atoms with van der Waals surface area (Å²) in [5, 5.41) is 15.3. The average molecular weight is 314 g/mol. The molecule has 4 rings (SSSR count). The fourth-order valence-electron chi connectivity index (χ4n) is 3.72. The van der Waals surface area contributed by atoms with Crippen LogP contribution in [0.2, 0.25) is 5.02 Å². The smallest absolute Gasteiger partial charge is 0.142 e. The van der Waals surface area contributed by atoms with Crippen LogP contribution < -0.4 is 0 Å². The Balaban J connectivity index is 2.17. The van der Waals surface area contributed by atoms with Gasteiger partial charge in [0.05, 0.1) is 5.02 Å². The summed E-state index contributed by atoms with van der Waals surface area (Å²) in [6.07, 6.45) is 4.61. The van der Waals surface area contributed by atoms with Gasteiger partial charge in [0.15, 0.2) is 0 Å². The van der Waals surface area contributed by atoms with E-state index >= 15 is 0 Å². The number of hydrogen-bond donors (Lipinski definition) is 0. The molecule has 1 aliphatic carbocycles. The summed E-state index contributed by atoms with van der Waals surface area (Å²) < 4.78 is 13.9. The Morgan fingerprint density at radius 3 is 2.55 bits per heavy atom. The molecular weight excluding hydrogens is 299 g/mol. The number of halogens is 2. The average Bonchev–Trinajstić information content (AvgIpc) is 2.57. The van der Waals surface area contributed by atoms with Crippen molar-refractivity contribution in [1.29, 1.82) is 0 Å². The molecule has 0 N–H and O–H groups in total. The molecule has 0 aliphatic heterocycles. The predicted molar refractivity (Wildman–Crippen MR) is 87.5 cm³/mol. The molecule has 0 bridgehead atoms. The predicted octanol–water partition coefficient (Wildman–Crippen LogP) is 5.59. The van der Waals surface area contributed by atoms with Crippen molar-refractivity contribution in [2.75, 3.05) is 0 Å². The number of hydrogen-bond acceptors (Lipinski definition) is 0. The third kappa shape index (κ3) is 1.94. The van der Waals surface area contributed by atoms with E-state index < -0.39 is 12.4 Å². The lowest BCUT2D eigenvalue weighted by Gasteiger charge is -2.19. The monoisotopic (exact) mass is 313 g/mol. The van der Waals surface area contributed by atoms with Crippen LogP contribution >= 0.6 is 11.6 Å². The van der Waals surface area contributed by atoms with Gasteiger partial charge in [0.25, 0.3) is 0 Å². The molecule has 111 valence electrons. The Hall–Kier alpha value is -1.64. The van der Waals surface area contributed by atoms with Gasteiger partial charge < -0.3 is 0 Å². The summed E-state index contributed by atoms with van der Waals surface area (Å²) in [7, 11) is 0. The van der Waals surface area contributed by atoms with E-state index in [2.05, 4.69) is 12.1 Å². The van der Waals surface area contributed by atoms with E-state index in [1.807, 2.05) is 12.1 Å². The molecule has 3 heteroatoms. The summed E-state index contributed by atoms with van der Waals surface area (Å²) >= 11 is 6.12. The second kappa shape index (κ2) is 5.22. The number of aryl methyl sites for hydroxylation is 2. The van der Waals surface area contributed by atoms with Crippen molar-refractivity contribution in [2.24, 2.45) is 0 Å². The van der Waals surface area contributed by atoms with Gasteiger partial charge in [0.2, 0.25) is 0 Å². The van der Waals surface area contributed by atoms with Crippen LogP contribution in [-0.4, -0.2) is 0 Å². The van der Waals surface area contributed by atoms with E-state index in [9.17, 15) is 9.50 Å². The Morgan fingerprint density at radius 2 is 1.73 bits per heavy atom. The second-order valence-electron chi connectivity index (χ2n) is 5.97. The van der Waals surface area contributed by atoms with E-state index in [1.54, 1.807) is 0 Å². The quantitative estimate of drug-likeness (QED) is 0.521. The van der Waals surface area contributed by atoms with Gasteiger partial charge in [0, 0.05) is 5.39 Å². The molecule has 1 nitrogen and oxygen atoms in total. The van der Waals surface area contributed by atoms with Crippen LogP contribution in [-0.2, 0) is 24.6 Å². The minimum absolute atomic E-state index is 0.104. The van der Waals surface area contributed by atoms with Gasteiger partial charge in [-0.1, -0.05) is 35.9 Å². The van der Waals surface area contributed by atoms with Gasteiger partial charge in [-0.3, -0.25) is 0 Å². The molecule has 1 aliphatic rings. The van der Waals surface area contributed by atoms with E-state index in [4.69, 9.17) is 11.6 Å². The minimum atomic E-state index is -0.516. The first kappa shape index (κ1) is 14.0. The van der Waals surface area contributed by atoms with Crippen LogP contribution in [0.5, 0.6) is 0 Å². The topological polar surface area (TPSA) is 19.9 Å². The van der Waals surface area contributed by atoms with E-state index in [-0.39, 0.29) is 5.02 Å². The first-order valence-corrected chi connectivity index (χ1v) is 8.00. The summed E-state index contributed by atoms with van der Waals surface area (Å²) in [4.78, 5) is 0. The lowest BCUT2D eigenvalue weighted by Crippen LogP contribution is -2.03. The highest BCUT2D eigenvalue weighted by atomic mass is 35.5. The van der Waals surface area contributed by atoms with Gasteiger partial charge >= 0.3 is 0 Å². The van der Waals surface area contributed by atoms with Crippen LogP contribution in [0.3, 0.4) is 0 Å². The molecule has 0 saturated heterocycles. The Kier molecular flexibility index (Phi) is 3.32. The number of fused-ring (bicyclic) bond motifs is 5. The van der Waals surface area contributed by atoms with E-state index in [0.29, 0.717) is 10.9 Å². The van der Waals surface area contributed by atoms with E-state index in [0.717, 1.165) is 23.6 Å². The molecule has 0 amide bonds. The lowest BCUT2D eigenvalue weighted by molar-refractivity contribution is 0.178. The number of benzene rings is 3.